The molecule has 27 heavy (non-hydrogen) atoms. The number of alkyl halides is 3. The Balaban J connectivity index is 1.76. The van der Waals surface area contributed by atoms with E-state index in [0.717, 1.165) is 31.6 Å². The molecule has 2 heterocycles. The van der Waals surface area contributed by atoms with Crippen molar-refractivity contribution in [1.82, 2.24) is 10.3 Å². The summed E-state index contributed by atoms with van der Waals surface area (Å²) < 4.78 is 40.6. The van der Waals surface area contributed by atoms with Gasteiger partial charge in [-0.3, -0.25) is 10.7 Å². The number of benzene rings is 1. The van der Waals surface area contributed by atoms with E-state index in [1.807, 2.05) is 18.2 Å². The van der Waals surface area contributed by atoms with E-state index < -0.39 is 6.36 Å². The van der Waals surface area contributed by atoms with E-state index in [0.29, 0.717) is 17.9 Å². The number of ether oxygens (including phenoxy) is 1. The largest absolute Gasteiger partial charge is 0.573 e. The summed E-state index contributed by atoms with van der Waals surface area (Å²) in [6, 6.07) is 11.4. The Hall–Kier alpha value is -2.61. The molecule has 1 aromatic heterocycles. The van der Waals surface area contributed by atoms with Gasteiger partial charge in [0.1, 0.15) is 11.4 Å². The van der Waals surface area contributed by atoms with Gasteiger partial charge >= 0.3 is 6.36 Å². The van der Waals surface area contributed by atoms with Gasteiger partial charge in [-0.15, -0.1) is 13.2 Å². The average molecular weight is 379 g/mol. The molecule has 1 fully saturated rings. The standard InChI is InChI=1S/C19H21F3N4O/c20-19(21,22)27-15-6-4-14(5-7-15)26-17(23)13-18(8-11-24-12-9-18)16-3-1-2-10-25-16/h1-7,10,24H,8-9,11-13H2,(H2,23,26)/p+1. The summed E-state index contributed by atoms with van der Waals surface area (Å²) in [6.07, 6.45) is -0.520. The Morgan fingerprint density at radius 1 is 1.15 bits per heavy atom. The third-order valence-electron chi connectivity index (χ3n) is 4.69. The zero-order chi connectivity index (χ0) is 19.3. The lowest BCUT2D eigenvalue weighted by Gasteiger charge is -2.36. The highest BCUT2D eigenvalue weighted by Crippen LogP contribution is 2.35. The molecule has 0 atom stereocenters. The van der Waals surface area contributed by atoms with Gasteiger partial charge in [-0.1, -0.05) is 6.07 Å². The van der Waals surface area contributed by atoms with E-state index in [2.05, 4.69) is 20.0 Å². The lowest BCUT2D eigenvalue weighted by molar-refractivity contribution is -0.357. The summed E-state index contributed by atoms with van der Waals surface area (Å²) in [5.41, 5.74) is 7.69. The van der Waals surface area contributed by atoms with Crippen molar-refractivity contribution in [2.75, 3.05) is 13.1 Å². The van der Waals surface area contributed by atoms with Gasteiger partial charge in [0, 0.05) is 17.3 Å². The second kappa shape index (κ2) is 7.96. The molecule has 0 amide bonds. The van der Waals surface area contributed by atoms with Crippen LogP contribution in [0.15, 0.2) is 48.7 Å². The van der Waals surface area contributed by atoms with E-state index in [1.165, 1.54) is 24.3 Å². The van der Waals surface area contributed by atoms with Gasteiger partial charge in [0.15, 0.2) is 0 Å². The van der Waals surface area contributed by atoms with Gasteiger partial charge in [-0.25, -0.2) is 4.99 Å². The summed E-state index contributed by atoms with van der Waals surface area (Å²) in [6.45, 7) is 1.76. The Morgan fingerprint density at radius 2 is 1.85 bits per heavy atom. The SMILES string of the molecule is NC(CC1(c2ccccn2)CCNCC1)=[NH+]c1ccc(OC(F)(F)F)cc1. The maximum Gasteiger partial charge on any atom is 0.573 e. The summed E-state index contributed by atoms with van der Waals surface area (Å²) in [4.78, 5) is 7.62. The average Bonchev–Trinajstić information content (AvgIpc) is 2.64. The van der Waals surface area contributed by atoms with Gasteiger partial charge in [-0.2, -0.15) is 0 Å². The van der Waals surface area contributed by atoms with Gasteiger partial charge in [0.2, 0.25) is 5.84 Å². The fourth-order valence-corrected chi connectivity index (χ4v) is 3.44. The summed E-state index contributed by atoms with van der Waals surface area (Å²) in [5, 5.41) is 3.35. The molecule has 3 rings (SSSR count). The number of aromatic nitrogens is 1. The fraction of sp³-hybridized carbons (Fsp3) is 0.368. The Labute approximate surface area is 155 Å². The number of hydrogen-bond acceptors (Lipinski definition) is 3. The number of hydrogen-bond donors (Lipinski definition) is 3. The van der Waals surface area contributed by atoms with Crippen molar-refractivity contribution in [2.24, 2.45) is 5.73 Å². The molecule has 1 saturated heterocycles. The molecule has 0 unspecified atom stereocenters. The fourth-order valence-electron chi connectivity index (χ4n) is 3.44. The highest BCUT2D eigenvalue weighted by Gasteiger charge is 2.37. The third-order valence-corrected chi connectivity index (χ3v) is 4.69. The van der Waals surface area contributed by atoms with Crippen molar-refractivity contribution in [3.05, 3.63) is 54.4 Å². The molecule has 2 aromatic rings. The molecule has 144 valence electrons. The Morgan fingerprint density at radius 3 is 2.44 bits per heavy atom. The normalized spacial score (nSPS) is 17.5. The van der Waals surface area contributed by atoms with Gasteiger partial charge in [-0.05, 0) is 62.3 Å². The first-order chi connectivity index (χ1) is 12.9. The second-order valence-electron chi connectivity index (χ2n) is 6.64. The van der Waals surface area contributed by atoms with Crippen molar-refractivity contribution in [1.29, 1.82) is 0 Å². The van der Waals surface area contributed by atoms with Gasteiger partial charge in [0.25, 0.3) is 0 Å². The predicted octanol–water partition coefficient (Wildman–Crippen LogP) is 1.76. The number of halogens is 3. The van der Waals surface area contributed by atoms with E-state index in [9.17, 15) is 13.2 Å². The number of piperidine rings is 1. The van der Waals surface area contributed by atoms with Crippen LogP contribution >= 0.6 is 0 Å². The molecule has 0 spiro atoms. The zero-order valence-electron chi connectivity index (χ0n) is 14.7. The first kappa shape index (κ1) is 19.2. The maximum atomic E-state index is 12.2. The van der Waals surface area contributed by atoms with Crippen LogP contribution in [-0.4, -0.2) is 30.3 Å². The molecule has 8 heteroatoms. The monoisotopic (exact) mass is 379 g/mol. The second-order valence-corrected chi connectivity index (χ2v) is 6.64. The molecular formula is C19H22F3N4O+. The first-order valence-electron chi connectivity index (χ1n) is 8.73. The van der Waals surface area contributed by atoms with Crippen molar-refractivity contribution < 1.29 is 22.9 Å². The predicted molar refractivity (Wildman–Crippen MR) is 95.6 cm³/mol. The Kier molecular flexibility index (Phi) is 5.65. The minimum atomic E-state index is -4.70. The van der Waals surface area contributed by atoms with Crippen LogP contribution in [0, 0.1) is 0 Å². The minimum absolute atomic E-state index is 0.164. The van der Waals surface area contributed by atoms with E-state index in [-0.39, 0.29) is 11.2 Å². The molecular weight excluding hydrogens is 357 g/mol. The lowest BCUT2D eigenvalue weighted by atomic mass is 9.73. The van der Waals surface area contributed by atoms with Crippen molar-refractivity contribution >= 4 is 11.5 Å². The number of pyridine rings is 1. The summed E-state index contributed by atoms with van der Waals surface area (Å²) in [5.74, 6) is 0.280. The number of rotatable bonds is 5. The molecule has 0 saturated carbocycles. The molecule has 5 nitrogen and oxygen atoms in total. The molecule has 1 aliphatic rings. The van der Waals surface area contributed by atoms with Crippen LogP contribution in [0.5, 0.6) is 5.75 Å². The van der Waals surface area contributed by atoms with E-state index >= 15 is 0 Å². The Bertz CT molecular complexity index is 770. The molecule has 0 radical (unpaired) electrons. The number of nitrogens with zero attached hydrogens (tertiary/aromatic N) is 1. The van der Waals surface area contributed by atoms with Gasteiger partial charge < -0.3 is 10.1 Å². The molecule has 4 N–H and O–H groups in total. The molecule has 1 aliphatic heterocycles. The number of amidine groups is 1. The van der Waals surface area contributed by atoms with Gasteiger partial charge in [0.05, 0.1) is 6.42 Å². The highest BCUT2D eigenvalue weighted by atomic mass is 19.4. The lowest BCUT2D eigenvalue weighted by Crippen LogP contribution is -2.70. The van der Waals surface area contributed by atoms with Crippen LogP contribution in [-0.2, 0) is 5.41 Å². The summed E-state index contributed by atoms with van der Waals surface area (Å²) >= 11 is 0. The van der Waals surface area contributed by atoms with Crippen LogP contribution in [0.2, 0.25) is 0 Å². The van der Waals surface area contributed by atoms with Crippen molar-refractivity contribution in [3.8, 4) is 5.75 Å². The molecule has 0 bridgehead atoms. The smallest absolute Gasteiger partial charge is 0.406 e. The molecule has 0 aliphatic carbocycles. The quantitative estimate of drug-likeness (QED) is 0.547. The van der Waals surface area contributed by atoms with Crippen molar-refractivity contribution in [2.45, 2.75) is 31.0 Å². The van der Waals surface area contributed by atoms with Crippen LogP contribution in [0.3, 0.4) is 0 Å². The van der Waals surface area contributed by atoms with Crippen molar-refractivity contribution in [3.63, 3.8) is 0 Å². The number of nitrogens with two attached hydrogens (primary N) is 1. The van der Waals surface area contributed by atoms with E-state index in [1.54, 1.807) is 6.20 Å². The first-order valence-corrected chi connectivity index (χ1v) is 8.73. The molecule has 1 aromatic carbocycles. The highest BCUT2D eigenvalue weighted by molar-refractivity contribution is 5.77. The number of nitrogens with one attached hydrogen (secondary N) is 2. The van der Waals surface area contributed by atoms with Crippen LogP contribution < -0.4 is 20.8 Å². The maximum absolute atomic E-state index is 12.2. The third kappa shape index (κ3) is 5.19. The van der Waals surface area contributed by atoms with Crippen LogP contribution in [0.4, 0.5) is 18.9 Å². The van der Waals surface area contributed by atoms with Crippen LogP contribution in [0.1, 0.15) is 25.0 Å². The van der Waals surface area contributed by atoms with E-state index in [4.69, 9.17) is 5.73 Å². The minimum Gasteiger partial charge on any atom is -0.406 e. The summed E-state index contributed by atoms with van der Waals surface area (Å²) in [7, 11) is 0. The zero-order valence-corrected chi connectivity index (χ0v) is 14.7. The van der Waals surface area contributed by atoms with Crippen LogP contribution in [0.25, 0.3) is 0 Å². The topological polar surface area (TPSA) is 74.1 Å².